The van der Waals surface area contributed by atoms with Gasteiger partial charge in [-0.2, -0.15) is 13.2 Å². The maximum atomic E-state index is 13.7. The summed E-state index contributed by atoms with van der Waals surface area (Å²) in [6, 6.07) is 36.6. The van der Waals surface area contributed by atoms with Crippen LogP contribution >= 0.6 is 11.6 Å². The van der Waals surface area contributed by atoms with Crippen molar-refractivity contribution in [3.05, 3.63) is 143 Å². The molecule has 0 aliphatic carbocycles. The van der Waals surface area contributed by atoms with Gasteiger partial charge in [-0.15, -0.1) is 0 Å². The van der Waals surface area contributed by atoms with Crippen molar-refractivity contribution >= 4 is 28.1 Å². The smallest absolute Gasteiger partial charge is 0.417 e. The molecule has 0 unspecified atom stereocenters. The normalized spacial score (nSPS) is 11.8. The SMILES string of the molecule is CNc1cccc2c(OCCCN(Cc3cccc(C(F)(F)F)c3Cl)CC(c3ccccc3)c3ccccc3)cccc12. The van der Waals surface area contributed by atoms with E-state index in [1.807, 2.05) is 73.8 Å². The highest BCUT2D eigenvalue weighted by Crippen LogP contribution is 2.37. The van der Waals surface area contributed by atoms with Gasteiger partial charge in [-0.1, -0.05) is 109 Å². The van der Waals surface area contributed by atoms with Crippen LogP contribution < -0.4 is 10.1 Å². The summed E-state index contributed by atoms with van der Waals surface area (Å²) in [4.78, 5) is 2.18. The molecule has 0 aliphatic heterocycles. The number of anilines is 1. The zero-order valence-corrected chi connectivity index (χ0v) is 24.7. The fourth-order valence-electron chi connectivity index (χ4n) is 5.52. The Morgan fingerprint density at radius 2 is 1.40 bits per heavy atom. The van der Waals surface area contributed by atoms with Gasteiger partial charge in [-0.3, -0.25) is 4.90 Å². The lowest BCUT2D eigenvalue weighted by atomic mass is 9.90. The lowest BCUT2D eigenvalue weighted by molar-refractivity contribution is -0.137. The minimum Gasteiger partial charge on any atom is -0.493 e. The van der Waals surface area contributed by atoms with Gasteiger partial charge in [0.1, 0.15) is 5.75 Å². The minimum absolute atomic E-state index is 0.0194. The molecule has 0 radical (unpaired) electrons. The number of nitrogens with one attached hydrogen (secondary N) is 1. The second-order valence-corrected chi connectivity index (χ2v) is 10.9. The molecule has 0 heterocycles. The lowest BCUT2D eigenvalue weighted by Crippen LogP contribution is -2.31. The molecule has 7 heteroatoms. The molecule has 5 aromatic carbocycles. The zero-order valence-electron chi connectivity index (χ0n) is 23.9. The molecule has 0 atom stereocenters. The summed E-state index contributed by atoms with van der Waals surface area (Å²) in [6.07, 6.45) is -3.84. The predicted molar refractivity (Wildman–Crippen MR) is 170 cm³/mol. The molecule has 1 N–H and O–H groups in total. The highest BCUT2D eigenvalue weighted by atomic mass is 35.5. The topological polar surface area (TPSA) is 24.5 Å². The number of ether oxygens (including phenoxy) is 1. The first-order valence-corrected chi connectivity index (χ1v) is 14.7. The Morgan fingerprint density at radius 3 is 2.05 bits per heavy atom. The molecular formula is C36H34ClF3N2O. The Hall–Kier alpha value is -4.00. The minimum atomic E-state index is -4.52. The highest BCUT2D eigenvalue weighted by Gasteiger charge is 2.34. The van der Waals surface area contributed by atoms with E-state index < -0.39 is 11.7 Å². The number of fused-ring (bicyclic) bond motifs is 1. The molecule has 3 nitrogen and oxygen atoms in total. The van der Waals surface area contributed by atoms with Crippen LogP contribution in [0.3, 0.4) is 0 Å². The number of nitrogens with zero attached hydrogens (tertiary/aromatic N) is 1. The summed E-state index contributed by atoms with van der Waals surface area (Å²) in [5.41, 5.74) is 2.95. The van der Waals surface area contributed by atoms with Gasteiger partial charge in [0.05, 0.1) is 17.2 Å². The van der Waals surface area contributed by atoms with E-state index in [2.05, 4.69) is 40.5 Å². The van der Waals surface area contributed by atoms with Crippen molar-refractivity contribution in [2.75, 3.05) is 32.1 Å². The Bertz CT molecular complexity index is 1590. The molecule has 0 fully saturated rings. The molecule has 0 saturated heterocycles. The maximum absolute atomic E-state index is 13.7. The van der Waals surface area contributed by atoms with Crippen molar-refractivity contribution in [3.8, 4) is 5.75 Å². The average molecular weight is 603 g/mol. The fourth-order valence-corrected chi connectivity index (χ4v) is 5.82. The Labute approximate surface area is 255 Å². The van der Waals surface area contributed by atoms with Gasteiger partial charge in [0.15, 0.2) is 0 Å². The predicted octanol–water partition coefficient (Wildman–Crippen LogP) is 9.66. The van der Waals surface area contributed by atoms with Crippen LogP contribution in [0.25, 0.3) is 10.8 Å². The first-order chi connectivity index (χ1) is 20.8. The number of alkyl halides is 3. The third-order valence-corrected chi connectivity index (χ3v) is 8.10. The number of halogens is 4. The van der Waals surface area contributed by atoms with Gasteiger partial charge in [-0.05, 0) is 41.3 Å². The van der Waals surface area contributed by atoms with Gasteiger partial charge in [0.2, 0.25) is 0 Å². The Kier molecular flexibility index (Phi) is 9.90. The van der Waals surface area contributed by atoms with Crippen LogP contribution in [0.1, 0.15) is 34.6 Å². The van der Waals surface area contributed by atoms with E-state index in [-0.39, 0.29) is 17.5 Å². The molecule has 0 bridgehead atoms. The van der Waals surface area contributed by atoms with Crippen LogP contribution in [-0.4, -0.2) is 31.6 Å². The van der Waals surface area contributed by atoms with Gasteiger partial charge < -0.3 is 10.1 Å². The summed E-state index contributed by atoms with van der Waals surface area (Å²) in [5.74, 6) is 0.819. The fraction of sp³-hybridized carbons (Fsp3) is 0.222. The third-order valence-electron chi connectivity index (χ3n) is 7.65. The summed E-state index contributed by atoms with van der Waals surface area (Å²) >= 11 is 6.35. The third kappa shape index (κ3) is 7.51. The number of benzene rings is 5. The largest absolute Gasteiger partial charge is 0.493 e. The molecule has 5 aromatic rings. The van der Waals surface area contributed by atoms with Crippen molar-refractivity contribution < 1.29 is 17.9 Å². The number of rotatable bonds is 12. The van der Waals surface area contributed by atoms with Crippen molar-refractivity contribution in [2.45, 2.75) is 25.1 Å². The van der Waals surface area contributed by atoms with Crippen molar-refractivity contribution in [3.63, 3.8) is 0 Å². The molecule has 0 spiro atoms. The van der Waals surface area contributed by atoms with E-state index >= 15 is 0 Å². The van der Waals surface area contributed by atoms with Crippen molar-refractivity contribution in [1.29, 1.82) is 0 Å². The van der Waals surface area contributed by atoms with Crippen LogP contribution in [0.15, 0.2) is 115 Å². The quantitative estimate of drug-likeness (QED) is 0.144. The average Bonchev–Trinajstić information content (AvgIpc) is 3.02. The number of hydrogen-bond acceptors (Lipinski definition) is 3. The van der Waals surface area contributed by atoms with Gasteiger partial charge in [0.25, 0.3) is 0 Å². The molecule has 5 rings (SSSR count). The van der Waals surface area contributed by atoms with E-state index in [1.165, 1.54) is 6.07 Å². The molecule has 222 valence electrons. The first kappa shape index (κ1) is 30.5. The van der Waals surface area contributed by atoms with Gasteiger partial charge >= 0.3 is 6.18 Å². The van der Waals surface area contributed by atoms with Crippen LogP contribution in [-0.2, 0) is 12.7 Å². The monoisotopic (exact) mass is 602 g/mol. The van der Waals surface area contributed by atoms with Crippen LogP contribution in [0.5, 0.6) is 5.75 Å². The molecule has 0 saturated carbocycles. The first-order valence-electron chi connectivity index (χ1n) is 14.3. The van der Waals surface area contributed by atoms with Gasteiger partial charge in [-0.25, -0.2) is 0 Å². The summed E-state index contributed by atoms with van der Waals surface area (Å²) in [7, 11) is 1.89. The van der Waals surface area contributed by atoms with Gasteiger partial charge in [0, 0.05) is 49.1 Å². The van der Waals surface area contributed by atoms with E-state index in [4.69, 9.17) is 16.3 Å². The second-order valence-electron chi connectivity index (χ2n) is 10.5. The van der Waals surface area contributed by atoms with Crippen molar-refractivity contribution in [2.24, 2.45) is 0 Å². The maximum Gasteiger partial charge on any atom is 0.417 e. The standard InChI is InChI=1S/C36H34ClF3N2O/c1-41-33-20-9-18-30-29(33)17-10-21-34(30)43-23-11-22-42(24-28-16-8-19-32(35(28)37)36(38,39)40)25-31(26-12-4-2-5-13-26)27-14-6-3-7-15-27/h2-10,12-21,31,41H,11,22-25H2,1H3. The molecule has 0 aliphatic rings. The summed E-state index contributed by atoms with van der Waals surface area (Å²) in [5, 5.41) is 5.08. The van der Waals surface area contributed by atoms with Crippen LogP contribution in [0, 0.1) is 0 Å². The summed E-state index contributed by atoms with van der Waals surface area (Å²) in [6.45, 7) is 1.94. The second kappa shape index (κ2) is 14.0. The Morgan fingerprint density at radius 1 is 0.767 bits per heavy atom. The van der Waals surface area contributed by atoms with Crippen molar-refractivity contribution in [1.82, 2.24) is 4.90 Å². The zero-order chi connectivity index (χ0) is 30.2. The van der Waals surface area contributed by atoms with E-state index in [9.17, 15) is 13.2 Å². The highest BCUT2D eigenvalue weighted by molar-refractivity contribution is 6.32. The molecule has 0 aromatic heterocycles. The van der Waals surface area contributed by atoms with E-state index in [0.717, 1.165) is 39.4 Å². The van der Waals surface area contributed by atoms with E-state index in [0.29, 0.717) is 31.7 Å². The van der Waals surface area contributed by atoms with Crippen LogP contribution in [0.2, 0.25) is 5.02 Å². The number of hydrogen-bond donors (Lipinski definition) is 1. The molecule has 0 amide bonds. The Balaban J connectivity index is 1.38. The molecule has 43 heavy (non-hydrogen) atoms. The summed E-state index contributed by atoms with van der Waals surface area (Å²) < 4.78 is 47.3. The van der Waals surface area contributed by atoms with Crippen LogP contribution in [0.4, 0.5) is 18.9 Å². The van der Waals surface area contributed by atoms with E-state index in [1.54, 1.807) is 6.07 Å². The lowest BCUT2D eigenvalue weighted by Gasteiger charge is -2.29. The molecular weight excluding hydrogens is 569 g/mol.